The summed E-state index contributed by atoms with van der Waals surface area (Å²) in [6, 6.07) is 11.9. The van der Waals surface area contributed by atoms with Gasteiger partial charge in [0.15, 0.2) is 0 Å². The van der Waals surface area contributed by atoms with E-state index in [2.05, 4.69) is 36.2 Å². The van der Waals surface area contributed by atoms with Crippen molar-refractivity contribution >= 4 is 11.6 Å². The van der Waals surface area contributed by atoms with Gasteiger partial charge in [-0.05, 0) is 38.0 Å². The first-order chi connectivity index (χ1) is 12.8. The Hall–Kier alpha value is -3.02. The molecule has 4 heterocycles. The van der Waals surface area contributed by atoms with E-state index in [9.17, 15) is 0 Å². The van der Waals surface area contributed by atoms with Crippen molar-refractivity contribution in [3.8, 4) is 11.4 Å². The van der Waals surface area contributed by atoms with Crippen LogP contribution in [-0.4, -0.2) is 33.0 Å². The van der Waals surface area contributed by atoms with E-state index in [4.69, 9.17) is 0 Å². The number of nitrogens with one attached hydrogen (secondary N) is 1. The molecule has 0 saturated carbocycles. The van der Waals surface area contributed by atoms with Gasteiger partial charge in [0.05, 0.1) is 11.4 Å². The van der Waals surface area contributed by atoms with Crippen molar-refractivity contribution in [3.63, 3.8) is 0 Å². The summed E-state index contributed by atoms with van der Waals surface area (Å²) in [5, 5.41) is 3.43. The summed E-state index contributed by atoms with van der Waals surface area (Å²) in [5.74, 6) is 2.60. The first kappa shape index (κ1) is 16.4. The second-order valence-electron chi connectivity index (χ2n) is 6.43. The third kappa shape index (κ3) is 3.64. The first-order valence-electron chi connectivity index (χ1n) is 8.99. The molecule has 1 aliphatic rings. The average Bonchev–Trinajstić information content (AvgIpc) is 3.21. The van der Waals surface area contributed by atoms with Gasteiger partial charge in [0.25, 0.3) is 0 Å². The van der Waals surface area contributed by atoms with Gasteiger partial charge < -0.3 is 10.2 Å². The molecular weight excluding hydrogens is 324 g/mol. The van der Waals surface area contributed by atoms with Crippen molar-refractivity contribution in [1.29, 1.82) is 0 Å². The Morgan fingerprint density at radius 1 is 0.962 bits per heavy atom. The van der Waals surface area contributed by atoms with E-state index in [-0.39, 0.29) is 0 Å². The SMILES string of the molecule is Cc1nc(NCc2cccnc2N2CCCC2)cc(-c2ccccn2)n1. The van der Waals surface area contributed by atoms with Crippen LogP contribution in [0.5, 0.6) is 0 Å². The van der Waals surface area contributed by atoms with E-state index in [1.807, 2.05) is 43.5 Å². The van der Waals surface area contributed by atoms with Crippen LogP contribution in [0.2, 0.25) is 0 Å². The largest absolute Gasteiger partial charge is 0.366 e. The van der Waals surface area contributed by atoms with Crippen LogP contribution in [0, 0.1) is 6.92 Å². The van der Waals surface area contributed by atoms with E-state index in [1.54, 1.807) is 6.20 Å². The number of pyridine rings is 2. The number of hydrogen-bond donors (Lipinski definition) is 1. The third-order valence-electron chi connectivity index (χ3n) is 4.50. The van der Waals surface area contributed by atoms with Crippen LogP contribution >= 0.6 is 0 Å². The van der Waals surface area contributed by atoms with Crippen LogP contribution in [-0.2, 0) is 6.54 Å². The van der Waals surface area contributed by atoms with Crippen molar-refractivity contribution in [2.75, 3.05) is 23.3 Å². The molecule has 1 N–H and O–H groups in total. The van der Waals surface area contributed by atoms with Crippen molar-refractivity contribution < 1.29 is 0 Å². The Morgan fingerprint density at radius 3 is 2.62 bits per heavy atom. The molecule has 3 aromatic heterocycles. The molecule has 0 spiro atoms. The lowest BCUT2D eigenvalue weighted by atomic mass is 10.2. The molecule has 4 rings (SSSR count). The van der Waals surface area contributed by atoms with Gasteiger partial charge in [-0.2, -0.15) is 0 Å². The Kier molecular flexibility index (Phi) is 4.73. The fourth-order valence-electron chi connectivity index (χ4n) is 3.27. The van der Waals surface area contributed by atoms with Crippen LogP contribution in [0.4, 0.5) is 11.6 Å². The van der Waals surface area contributed by atoms with E-state index in [1.165, 1.54) is 18.4 Å². The molecule has 0 aliphatic carbocycles. The van der Waals surface area contributed by atoms with Crippen LogP contribution in [0.15, 0.2) is 48.8 Å². The predicted octanol–water partition coefficient (Wildman–Crippen LogP) is 3.45. The van der Waals surface area contributed by atoms with Gasteiger partial charge in [0, 0.05) is 43.7 Å². The summed E-state index contributed by atoms with van der Waals surface area (Å²) >= 11 is 0. The normalized spacial score (nSPS) is 13.8. The lowest BCUT2D eigenvalue weighted by Crippen LogP contribution is -2.21. The molecule has 3 aromatic rings. The molecule has 0 bridgehead atoms. The molecule has 6 heteroatoms. The molecule has 132 valence electrons. The van der Waals surface area contributed by atoms with Crippen molar-refractivity contribution in [2.45, 2.75) is 26.3 Å². The Labute approximate surface area is 153 Å². The molecule has 26 heavy (non-hydrogen) atoms. The number of nitrogens with zero attached hydrogens (tertiary/aromatic N) is 5. The van der Waals surface area contributed by atoms with Crippen LogP contribution < -0.4 is 10.2 Å². The van der Waals surface area contributed by atoms with Gasteiger partial charge in [-0.15, -0.1) is 0 Å². The zero-order chi connectivity index (χ0) is 17.8. The first-order valence-corrected chi connectivity index (χ1v) is 8.99. The van der Waals surface area contributed by atoms with E-state index < -0.39 is 0 Å². The van der Waals surface area contributed by atoms with Gasteiger partial charge in [0.2, 0.25) is 0 Å². The number of hydrogen-bond acceptors (Lipinski definition) is 6. The fourth-order valence-corrected chi connectivity index (χ4v) is 3.27. The minimum Gasteiger partial charge on any atom is -0.366 e. The number of anilines is 2. The summed E-state index contributed by atoms with van der Waals surface area (Å²) in [6.07, 6.45) is 6.12. The zero-order valence-corrected chi connectivity index (χ0v) is 14.9. The highest BCUT2D eigenvalue weighted by molar-refractivity contribution is 5.59. The summed E-state index contributed by atoms with van der Waals surface area (Å²) in [6.45, 7) is 4.75. The third-order valence-corrected chi connectivity index (χ3v) is 4.50. The van der Waals surface area contributed by atoms with Crippen LogP contribution in [0.25, 0.3) is 11.4 Å². The smallest absolute Gasteiger partial charge is 0.133 e. The average molecular weight is 346 g/mol. The second kappa shape index (κ2) is 7.47. The van der Waals surface area contributed by atoms with Crippen molar-refractivity contribution in [1.82, 2.24) is 19.9 Å². The highest BCUT2D eigenvalue weighted by Gasteiger charge is 2.16. The van der Waals surface area contributed by atoms with E-state index in [0.29, 0.717) is 6.54 Å². The Balaban J connectivity index is 1.55. The topological polar surface area (TPSA) is 66.8 Å². The molecule has 1 saturated heterocycles. The number of rotatable bonds is 5. The predicted molar refractivity (Wildman–Crippen MR) is 103 cm³/mol. The van der Waals surface area contributed by atoms with Gasteiger partial charge in [-0.3, -0.25) is 4.98 Å². The molecule has 0 unspecified atom stereocenters. The molecule has 0 radical (unpaired) electrons. The van der Waals surface area contributed by atoms with Crippen LogP contribution in [0.1, 0.15) is 24.2 Å². The van der Waals surface area contributed by atoms with E-state index >= 15 is 0 Å². The lowest BCUT2D eigenvalue weighted by molar-refractivity contribution is 0.913. The van der Waals surface area contributed by atoms with Gasteiger partial charge in [0.1, 0.15) is 17.5 Å². The number of aryl methyl sites for hydroxylation is 1. The fraction of sp³-hybridized carbons (Fsp3) is 0.300. The molecule has 6 nitrogen and oxygen atoms in total. The lowest BCUT2D eigenvalue weighted by Gasteiger charge is -2.20. The second-order valence-corrected chi connectivity index (χ2v) is 6.43. The molecule has 1 fully saturated rings. The zero-order valence-electron chi connectivity index (χ0n) is 14.9. The minimum absolute atomic E-state index is 0.678. The summed E-state index contributed by atoms with van der Waals surface area (Å²) in [4.78, 5) is 20.4. The summed E-state index contributed by atoms with van der Waals surface area (Å²) < 4.78 is 0. The van der Waals surface area contributed by atoms with Gasteiger partial charge >= 0.3 is 0 Å². The standard InChI is InChI=1S/C20H22N6/c1-15-24-18(17-8-2-3-9-21-17)13-19(25-15)23-14-16-7-6-10-22-20(16)26-11-4-5-12-26/h2-3,6-10,13H,4-5,11-12,14H2,1H3,(H,23,24,25). The number of aromatic nitrogens is 4. The molecular formula is C20H22N6. The van der Waals surface area contributed by atoms with E-state index in [0.717, 1.165) is 41.9 Å². The highest BCUT2D eigenvalue weighted by Crippen LogP contribution is 2.23. The maximum absolute atomic E-state index is 4.60. The quantitative estimate of drug-likeness (QED) is 0.763. The maximum Gasteiger partial charge on any atom is 0.133 e. The summed E-state index contributed by atoms with van der Waals surface area (Å²) in [7, 11) is 0. The Morgan fingerprint density at radius 2 is 1.81 bits per heavy atom. The van der Waals surface area contributed by atoms with Crippen molar-refractivity contribution in [2.24, 2.45) is 0 Å². The minimum atomic E-state index is 0.678. The van der Waals surface area contributed by atoms with Gasteiger partial charge in [-0.1, -0.05) is 12.1 Å². The summed E-state index contributed by atoms with van der Waals surface area (Å²) in [5.41, 5.74) is 2.86. The molecule has 0 amide bonds. The maximum atomic E-state index is 4.60. The molecule has 0 atom stereocenters. The molecule has 0 aromatic carbocycles. The molecule has 1 aliphatic heterocycles. The van der Waals surface area contributed by atoms with Crippen LogP contribution in [0.3, 0.4) is 0 Å². The van der Waals surface area contributed by atoms with Crippen molar-refractivity contribution in [3.05, 3.63) is 60.2 Å². The highest BCUT2D eigenvalue weighted by atomic mass is 15.2. The monoisotopic (exact) mass is 346 g/mol. The Bertz CT molecular complexity index is 874. The van der Waals surface area contributed by atoms with Gasteiger partial charge in [-0.25, -0.2) is 15.0 Å².